The summed E-state index contributed by atoms with van der Waals surface area (Å²) in [5, 5.41) is 13.2. The summed E-state index contributed by atoms with van der Waals surface area (Å²) in [6.45, 7) is 4.00. The molecule has 4 rings (SSSR count). The Kier molecular flexibility index (Phi) is 5.20. The number of amides is 1. The van der Waals surface area contributed by atoms with Crippen molar-refractivity contribution in [3.05, 3.63) is 59.7 Å². The highest BCUT2D eigenvalue weighted by atomic mass is 32.1. The molecule has 1 aliphatic carbocycles. The van der Waals surface area contributed by atoms with Crippen LogP contribution in [0.25, 0.3) is 20.8 Å². The quantitative estimate of drug-likeness (QED) is 0.579. The molecule has 0 saturated carbocycles. The first-order valence-corrected chi connectivity index (χ1v) is 10.4. The fraction of sp³-hybridized carbons (Fsp3) is 0.261. The number of aromatic nitrogens is 1. The molecule has 0 radical (unpaired) electrons. The molecule has 3 aromatic rings. The third kappa shape index (κ3) is 4.07. The van der Waals surface area contributed by atoms with Gasteiger partial charge in [0.15, 0.2) is 0 Å². The number of nitrogens with one attached hydrogen (secondary N) is 1. The second-order valence-electron chi connectivity index (χ2n) is 7.58. The maximum atomic E-state index is 12.7. The molecular formula is C23H22N2O3S. The van der Waals surface area contributed by atoms with Gasteiger partial charge in [0.2, 0.25) is 5.91 Å². The largest absolute Gasteiger partial charge is 0.481 e. The number of nitrogens with zero attached hydrogens (tertiary/aromatic N) is 1. The van der Waals surface area contributed by atoms with Crippen molar-refractivity contribution < 1.29 is 14.7 Å². The number of hydrogen-bond donors (Lipinski definition) is 2. The van der Waals surface area contributed by atoms with Crippen LogP contribution in [0.5, 0.6) is 0 Å². The maximum absolute atomic E-state index is 12.7. The third-order valence-corrected chi connectivity index (χ3v) is 6.38. The third-order valence-electron chi connectivity index (χ3n) is 5.31. The summed E-state index contributed by atoms with van der Waals surface area (Å²) in [4.78, 5) is 28.9. The fourth-order valence-electron chi connectivity index (χ4n) is 3.68. The molecule has 0 saturated heterocycles. The molecule has 0 fully saturated rings. The number of rotatable bonds is 4. The van der Waals surface area contributed by atoms with Crippen LogP contribution in [0.1, 0.15) is 25.3 Å². The van der Waals surface area contributed by atoms with E-state index in [1.165, 1.54) is 5.56 Å². The highest BCUT2D eigenvalue weighted by Gasteiger charge is 2.34. The van der Waals surface area contributed by atoms with E-state index in [0.717, 1.165) is 32.8 Å². The monoisotopic (exact) mass is 406 g/mol. The summed E-state index contributed by atoms with van der Waals surface area (Å²) in [7, 11) is 0. The van der Waals surface area contributed by atoms with E-state index in [2.05, 4.69) is 29.4 Å². The summed E-state index contributed by atoms with van der Waals surface area (Å²) >= 11 is 1.64. The number of carboxylic acids is 1. The van der Waals surface area contributed by atoms with Crippen LogP contribution in [-0.2, 0) is 9.59 Å². The first kappa shape index (κ1) is 19.3. The van der Waals surface area contributed by atoms with Gasteiger partial charge >= 0.3 is 5.97 Å². The van der Waals surface area contributed by atoms with Crippen molar-refractivity contribution in [2.75, 3.05) is 5.32 Å². The van der Waals surface area contributed by atoms with Crippen molar-refractivity contribution in [2.24, 2.45) is 11.8 Å². The standard InChI is InChI=1S/C23H22N2O3S/c1-13-3-9-17(23(27)28)18(11-13)21(26)24-16-7-5-15(6-8-16)22-25-19-10-4-14(2)12-20(19)29-22/h4-8,10-12,17-18H,3,9H2,1-2H3,(H,24,26)(H,27,28)/t17-,18+/m1/s1. The number of aryl methyl sites for hydroxylation is 1. The highest BCUT2D eigenvalue weighted by Crippen LogP contribution is 2.32. The molecule has 0 aliphatic heterocycles. The van der Waals surface area contributed by atoms with Crippen LogP contribution in [0, 0.1) is 18.8 Å². The Bertz CT molecular complexity index is 1110. The maximum Gasteiger partial charge on any atom is 0.307 e. The van der Waals surface area contributed by atoms with E-state index in [1.54, 1.807) is 17.4 Å². The Morgan fingerprint density at radius 3 is 2.62 bits per heavy atom. The van der Waals surface area contributed by atoms with Crippen molar-refractivity contribution in [1.82, 2.24) is 4.98 Å². The molecule has 0 spiro atoms. The van der Waals surface area contributed by atoms with Crippen LogP contribution in [-0.4, -0.2) is 22.0 Å². The Hall–Kier alpha value is -2.99. The SMILES string of the molecule is CC1=C[C@H](C(=O)Nc2ccc(-c3nc4ccc(C)cc4s3)cc2)[C@H](C(=O)O)CC1. The van der Waals surface area contributed by atoms with E-state index in [9.17, 15) is 14.7 Å². The van der Waals surface area contributed by atoms with Crippen molar-refractivity contribution in [2.45, 2.75) is 26.7 Å². The van der Waals surface area contributed by atoms with E-state index < -0.39 is 17.8 Å². The number of allylic oxidation sites excluding steroid dienone is 1. The van der Waals surface area contributed by atoms with Crippen LogP contribution < -0.4 is 5.32 Å². The predicted octanol–water partition coefficient (Wildman–Crippen LogP) is 5.27. The van der Waals surface area contributed by atoms with Gasteiger partial charge in [0, 0.05) is 11.3 Å². The van der Waals surface area contributed by atoms with E-state index in [0.29, 0.717) is 12.1 Å². The molecule has 29 heavy (non-hydrogen) atoms. The van der Waals surface area contributed by atoms with Crippen molar-refractivity contribution in [1.29, 1.82) is 0 Å². The lowest BCUT2D eigenvalue weighted by molar-refractivity contribution is -0.145. The van der Waals surface area contributed by atoms with Crippen molar-refractivity contribution in [3.8, 4) is 10.6 Å². The molecule has 5 nitrogen and oxygen atoms in total. The van der Waals surface area contributed by atoms with Crippen LogP contribution in [0.4, 0.5) is 5.69 Å². The average molecular weight is 407 g/mol. The molecule has 1 aromatic heterocycles. The van der Waals surface area contributed by atoms with Gasteiger partial charge in [-0.25, -0.2) is 4.98 Å². The normalized spacial score (nSPS) is 19.0. The predicted molar refractivity (Wildman–Crippen MR) is 116 cm³/mol. The molecule has 0 unspecified atom stereocenters. The van der Waals surface area contributed by atoms with E-state index in [4.69, 9.17) is 0 Å². The molecule has 148 valence electrons. The zero-order valence-corrected chi connectivity index (χ0v) is 17.1. The lowest BCUT2D eigenvalue weighted by Gasteiger charge is -2.25. The number of carbonyl (C=O) groups excluding carboxylic acids is 1. The van der Waals surface area contributed by atoms with Crippen LogP contribution >= 0.6 is 11.3 Å². The van der Waals surface area contributed by atoms with Gasteiger partial charge in [0.25, 0.3) is 0 Å². The van der Waals surface area contributed by atoms with Gasteiger partial charge < -0.3 is 10.4 Å². The summed E-state index contributed by atoms with van der Waals surface area (Å²) in [6, 6.07) is 13.7. The lowest BCUT2D eigenvalue weighted by atomic mass is 9.80. The number of benzene rings is 2. The average Bonchev–Trinajstić information content (AvgIpc) is 3.11. The van der Waals surface area contributed by atoms with Gasteiger partial charge in [-0.15, -0.1) is 11.3 Å². The molecule has 2 N–H and O–H groups in total. The Balaban J connectivity index is 1.52. The van der Waals surface area contributed by atoms with E-state index in [-0.39, 0.29) is 5.91 Å². The van der Waals surface area contributed by atoms with Crippen molar-refractivity contribution in [3.63, 3.8) is 0 Å². The molecule has 1 aliphatic rings. The minimum absolute atomic E-state index is 0.278. The van der Waals surface area contributed by atoms with Gasteiger partial charge in [-0.1, -0.05) is 17.7 Å². The Morgan fingerprint density at radius 1 is 1.14 bits per heavy atom. The zero-order chi connectivity index (χ0) is 20.5. The van der Waals surface area contributed by atoms with Crippen molar-refractivity contribution >= 4 is 39.1 Å². The van der Waals surface area contributed by atoms with Crippen LogP contribution in [0.2, 0.25) is 0 Å². The first-order valence-electron chi connectivity index (χ1n) is 9.59. The number of fused-ring (bicyclic) bond motifs is 1. The zero-order valence-electron chi connectivity index (χ0n) is 16.3. The van der Waals surface area contributed by atoms with E-state index in [1.807, 2.05) is 37.3 Å². The Labute approximate surface area is 173 Å². The fourth-order valence-corrected chi connectivity index (χ4v) is 4.75. The van der Waals surface area contributed by atoms with Gasteiger partial charge in [0.05, 0.1) is 22.1 Å². The molecule has 2 aromatic carbocycles. The number of aliphatic carboxylic acids is 1. The molecular weight excluding hydrogens is 384 g/mol. The van der Waals surface area contributed by atoms with Gasteiger partial charge in [0.1, 0.15) is 5.01 Å². The highest BCUT2D eigenvalue weighted by molar-refractivity contribution is 7.21. The van der Waals surface area contributed by atoms with Gasteiger partial charge in [-0.2, -0.15) is 0 Å². The lowest BCUT2D eigenvalue weighted by Crippen LogP contribution is -2.34. The summed E-state index contributed by atoms with van der Waals surface area (Å²) in [5.41, 5.74) is 4.88. The summed E-state index contributed by atoms with van der Waals surface area (Å²) in [6.07, 6.45) is 3.00. The van der Waals surface area contributed by atoms with Gasteiger partial charge in [-0.05, 0) is 68.7 Å². The van der Waals surface area contributed by atoms with Crippen LogP contribution in [0.3, 0.4) is 0 Å². The molecule has 6 heteroatoms. The minimum Gasteiger partial charge on any atom is -0.481 e. The van der Waals surface area contributed by atoms with Gasteiger partial charge in [-0.3, -0.25) is 9.59 Å². The first-order chi connectivity index (χ1) is 13.9. The molecule has 1 amide bonds. The molecule has 1 heterocycles. The number of hydrogen-bond acceptors (Lipinski definition) is 4. The number of carboxylic acid groups (broad SMARTS) is 1. The number of thiazole rings is 1. The smallest absolute Gasteiger partial charge is 0.307 e. The minimum atomic E-state index is -0.921. The summed E-state index contributed by atoms with van der Waals surface area (Å²) in [5.74, 6) is -2.52. The van der Waals surface area contributed by atoms with E-state index >= 15 is 0 Å². The topological polar surface area (TPSA) is 79.3 Å². The molecule has 0 bridgehead atoms. The number of carbonyl (C=O) groups is 2. The molecule has 2 atom stereocenters. The summed E-state index contributed by atoms with van der Waals surface area (Å²) < 4.78 is 1.15. The second kappa shape index (κ2) is 7.79. The van der Waals surface area contributed by atoms with Crippen LogP contribution in [0.15, 0.2) is 54.1 Å². The second-order valence-corrected chi connectivity index (χ2v) is 8.61. The Morgan fingerprint density at radius 2 is 1.90 bits per heavy atom. The number of anilines is 1.